The summed E-state index contributed by atoms with van der Waals surface area (Å²) >= 11 is 0.741. The molecule has 2 N–H and O–H groups in total. The fourth-order valence-electron chi connectivity index (χ4n) is 4.12. The summed E-state index contributed by atoms with van der Waals surface area (Å²) in [6.07, 6.45) is -1.02. The SMILES string of the molecule is CCNC(=O)C(C)n1c(=O)c2c(C)c(C(=O)O)sc2n(CC(OCCC#N)c2cc(F)ccc2OC)c1=O. The lowest BCUT2D eigenvalue weighted by Crippen LogP contribution is -2.46. The van der Waals surface area contributed by atoms with Gasteiger partial charge in [0.1, 0.15) is 33.4 Å². The van der Waals surface area contributed by atoms with E-state index in [0.717, 1.165) is 20.5 Å². The molecule has 0 spiro atoms. The van der Waals surface area contributed by atoms with E-state index in [2.05, 4.69) is 5.32 Å². The Morgan fingerprint density at radius 3 is 2.63 bits per heavy atom. The summed E-state index contributed by atoms with van der Waals surface area (Å²) in [6, 6.07) is 4.49. The first-order chi connectivity index (χ1) is 18.1. The first-order valence-corrected chi connectivity index (χ1v) is 12.5. The lowest BCUT2D eigenvalue weighted by molar-refractivity contribution is -0.123. The lowest BCUT2D eigenvalue weighted by atomic mass is 10.1. The molecule has 3 rings (SSSR count). The minimum Gasteiger partial charge on any atom is -0.496 e. The van der Waals surface area contributed by atoms with Crippen LogP contribution in [-0.2, 0) is 16.1 Å². The molecule has 13 heteroatoms. The van der Waals surface area contributed by atoms with Crippen molar-refractivity contribution in [2.75, 3.05) is 20.3 Å². The predicted molar refractivity (Wildman–Crippen MR) is 137 cm³/mol. The lowest BCUT2D eigenvalue weighted by Gasteiger charge is -2.23. The van der Waals surface area contributed by atoms with Crippen LogP contribution < -0.4 is 21.3 Å². The van der Waals surface area contributed by atoms with E-state index in [1.165, 1.54) is 39.2 Å². The fourth-order valence-corrected chi connectivity index (χ4v) is 5.26. The topological polar surface area (TPSA) is 153 Å². The Bertz CT molecular complexity index is 1540. The summed E-state index contributed by atoms with van der Waals surface area (Å²) in [7, 11) is 1.38. The first-order valence-electron chi connectivity index (χ1n) is 11.7. The van der Waals surface area contributed by atoms with E-state index in [1.54, 1.807) is 6.92 Å². The van der Waals surface area contributed by atoms with Gasteiger partial charge in [-0.05, 0) is 44.5 Å². The van der Waals surface area contributed by atoms with Crippen molar-refractivity contribution in [2.45, 2.75) is 45.9 Å². The molecule has 0 bridgehead atoms. The van der Waals surface area contributed by atoms with Crippen LogP contribution in [-0.4, -0.2) is 46.4 Å². The molecular formula is C25H27FN4O7S. The number of halogens is 1. The normalized spacial score (nSPS) is 12.6. The van der Waals surface area contributed by atoms with E-state index in [0.29, 0.717) is 0 Å². The second-order valence-corrected chi connectivity index (χ2v) is 9.33. The molecule has 11 nitrogen and oxygen atoms in total. The Balaban J connectivity index is 2.33. The number of rotatable bonds is 11. The van der Waals surface area contributed by atoms with Crippen LogP contribution >= 0.6 is 11.3 Å². The van der Waals surface area contributed by atoms with Gasteiger partial charge < -0.3 is 19.9 Å². The molecule has 38 heavy (non-hydrogen) atoms. The summed E-state index contributed by atoms with van der Waals surface area (Å²) < 4.78 is 27.4. The van der Waals surface area contributed by atoms with Crippen molar-refractivity contribution < 1.29 is 28.6 Å². The third-order valence-electron chi connectivity index (χ3n) is 5.97. The molecule has 0 saturated heterocycles. The van der Waals surface area contributed by atoms with Crippen LogP contribution in [0.5, 0.6) is 5.75 Å². The van der Waals surface area contributed by atoms with Crippen molar-refractivity contribution in [1.82, 2.24) is 14.5 Å². The average molecular weight is 547 g/mol. The molecule has 0 saturated carbocycles. The van der Waals surface area contributed by atoms with Gasteiger partial charge in [-0.25, -0.2) is 18.5 Å². The van der Waals surface area contributed by atoms with Gasteiger partial charge in [0.2, 0.25) is 5.91 Å². The van der Waals surface area contributed by atoms with E-state index in [1.807, 2.05) is 6.07 Å². The highest BCUT2D eigenvalue weighted by atomic mass is 32.1. The molecule has 1 aromatic carbocycles. The molecule has 202 valence electrons. The Labute approximate surface area is 220 Å². The molecule has 0 aliphatic heterocycles. The largest absolute Gasteiger partial charge is 0.496 e. The molecule has 0 fully saturated rings. The van der Waals surface area contributed by atoms with Crippen molar-refractivity contribution in [1.29, 1.82) is 5.26 Å². The number of thiophene rings is 1. The number of hydrogen-bond donors (Lipinski definition) is 2. The van der Waals surface area contributed by atoms with Crippen LogP contribution in [0.2, 0.25) is 0 Å². The zero-order valence-corrected chi connectivity index (χ0v) is 22.1. The van der Waals surface area contributed by atoms with Crippen molar-refractivity contribution in [2.24, 2.45) is 0 Å². The molecule has 1 amide bonds. The molecular weight excluding hydrogens is 519 g/mol. The maximum atomic E-state index is 14.2. The van der Waals surface area contributed by atoms with Gasteiger partial charge in [0.15, 0.2) is 0 Å². The number of hydrogen-bond acceptors (Lipinski definition) is 8. The molecule has 0 radical (unpaired) electrons. The number of amides is 1. The van der Waals surface area contributed by atoms with E-state index in [-0.39, 0.29) is 58.1 Å². The Morgan fingerprint density at radius 1 is 1.32 bits per heavy atom. The number of fused-ring (bicyclic) bond motifs is 1. The summed E-state index contributed by atoms with van der Waals surface area (Å²) in [5.74, 6) is -2.19. The van der Waals surface area contributed by atoms with E-state index in [4.69, 9.17) is 14.7 Å². The van der Waals surface area contributed by atoms with Crippen LogP contribution in [0.25, 0.3) is 10.2 Å². The second-order valence-electron chi connectivity index (χ2n) is 8.33. The van der Waals surface area contributed by atoms with Crippen LogP contribution in [0.3, 0.4) is 0 Å². The number of carboxylic acid groups (broad SMARTS) is 1. The van der Waals surface area contributed by atoms with Gasteiger partial charge in [0, 0.05) is 12.1 Å². The average Bonchev–Trinajstić information content (AvgIpc) is 3.23. The van der Waals surface area contributed by atoms with Gasteiger partial charge in [-0.2, -0.15) is 5.26 Å². The number of aryl methyl sites for hydroxylation is 1. The molecule has 0 aliphatic carbocycles. The van der Waals surface area contributed by atoms with Crippen LogP contribution in [0.1, 0.15) is 53.2 Å². The fraction of sp³-hybridized carbons (Fsp3) is 0.400. The van der Waals surface area contributed by atoms with E-state index >= 15 is 0 Å². The summed E-state index contributed by atoms with van der Waals surface area (Å²) in [5, 5.41) is 21.2. The van der Waals surface area contributed by atoms with Crippen molar-refractivity contribution in [3.05, 3.63) is 60.9 Å². The molecule has 2 atom stereocenters. The number of aromatic carboxylic acids is 1. The van der Waals surface area contributed by atoms with Gasteiger partial charge in [0.25, 0.3) is 5.56 Å². The molecule has 0 aliphatic rings. The number of carbonyl (C=O) groups is 2. The number of likely N-dealkylation sites (N-methyl/N-ethyl adjacent to an activating group) is 1. The Morgan fingerprint density at radius 2 is 2.03 bits per heavy atom. The van der Waals surface area contributed by atoms with Gasteiger partial charge in [0.05, 0.1) is 38.1 Å². The Hall–Kier alpha value is -4.02. The zero-order chi connectivity index (χ0) is 28.1. The first kappa shape index (κ1) is 28.5. The smallest absolute Gasteiger partial charge is 0.346 e. The number of nitrogens with zero attached hydrogens (tertiary/aromatic N) is 3. The highest BCUT2D eigenvalue weighted by Gasteiger charge is 2.29. The predicted octanol–water partition coefficient (Wildman–Crippen LogP) is 2.75. The molecule has 3 aromatic rings. The zero-order valence-electron chi connectivity index (χ0n) is 21.2. The molecule has 2 heterocycles. The molecule has 2 aromatic heterocycles. The number of nitrogens with one attached hydrogen (secondary N) is 1. The minimum atomic E-state index is -1.28. The van der Waals surface area contributed by atoms with E-state index < -0.39 is 41.1 Å². The summed E-state index contributed by atoms with van der Waals surface area (Å²) in [5.41, 5.74) is -1.28. The van der Waals surface area contributed by atoms with Gasteiger partial charge >= 0.3 is 11.7 Å². The summed E-state index contributed by atoms with van der Waals surface area (Å²) in [6.45, 7) is 4.45. The number of carbonyl (C=O) groups excluding carboxylic acids is 1. The maximum Gasteiger partial charge on any atom is 0.346 e. The number of ether oxygens (including phenoxy) is 2. The minimum absolute atomic E-state index is 0.00738. The highest BCUT2D eigenvalue weighted by Crippen LogP contribution is 2.33. The van der Waals surface area contributed by atoms with E-state index in [9.17, 15) is 28.7 Å². The summed E-state index contributed by atoms with van der Waals surface area (Å²) in [4.78, 5) is 51.6. The monoisotopic (exact) mass is 546 g/mol. The van der Waals surface area contributed by atoms with Crippen LogP contribution in [0.4, 0.5) is 4.39 Å². The number of benzene rings is 1. The quantitative estimate of drug-likeness (QED) is 0.348. The number of methoxy groups -OCH3 is 1. The highest BCUT2D eigenvalue weighted by molar-refractivity contribution is 7.20. The third-order valence-corrected chi connectivity index (χ3v) is 7.28. The Kier molecular flexibility index (Phi) is 9.03. The van der Waals surface area contributed by atoms with Crippen LogP contribution in [0, 0.1) is 24.1 Å². The van der Waals surface area contributed by atoms with Gasteiger partial charge in [-0.15, -0.1) is 11.3 Å². The van der Waals surface area contributed by atoms with Gasteiger partial charge in [-0.1, -0.05) is 0 Å². The maximum absolute atomic E-state index is 14.2. The van der Waals surface area contributed by atoms with Crippen LogP contribution in [0.15, 0.2) is 27.8 Å². The second kappa shape index (κ2) is 12.0. The van der Waals surface area contributed by atoms with Gasteiger partial charge in [-0.3, -0.25) is 14.2 Å². The third kappa shape index (κ3) is 5.46. The number of aromatic nitrogens is 2. The number of nitriles is 1. The molecule has 2 unspecified atom stereocenters. The van der Waals surface area contributed by atoms with Crippen molar-refractivity contribution in [3.8, 4) is 11.8 Å². The van der Waals surface area contributed by atoms with Crippen molar-refractivity contribution in [3.63, 3.8) is 0 Å². The standard InChI is InChI=1S/C25H27FN4O7S/c1-5-28-21(31)14(3)30-22(32)19-13(2)20(24(33)34)38-23(19)29(25(30)35)12-18(37-10-6-9-27)16-11-15(26)7-8-17(16)36-4/h7-8,11,14,18H,5-6,10,12H2,1-4H3,(H,28,31)(H,33,34). The number of carboxylic acids is 1. The van der Waals surface area contributed by atoms with Crippen molar-refractivity contribution >= 4 is 33.4 Å².